The summed E-state index contributed by atoms with van der Waals surface area (Å²) < 4.78 is 4.48. The van der Waals surface area contributed by atoms with Crippen LogP contribution in [0.1, 0.15) is 15.9 Å². The Morgan fingerprint density at radius 1 is 0.800 bits per heavy atom. The van der Waals surface area contributed by atoms with Crippen molar-refractivity contribution in [3.8, 4) is 11.1 Å². The third-order valence-electron chi connectivity index (χ3n) is 4.49. The first-order valence-electron chi connectivity index (χ1n) is 9.44. The fourth-order valence-corrected chi connectivity index (χ4v) is 2.84. The molecule has 0 fully saturated rings. The minimum atomic E-state index is -0.502. The van der Waals surface area contributed by atoms with Crippen LogP contribution in [0.25, 0.3) is 11.1 Å². The Labute approximate surface area is 174 Å². The molecule has 3 aromatic rings. The molecule has 30 heavy (non-hydrogen) atoms. The first-order valence-corrected chi connectivity index (χ1v) is 9.44. The van der Waals surface area contributed by atoms with Crippen molar-refractivity contribution in [3.63, 3.8) is 0 Å². The maximum absolute atomic E-state index is 12.5. The number of anilines is 1. The van der Waals surface area contributed by atoms with Crippen molar-refractivity contribution < 1.29 is 19.1 Å². The number of methoxy groups -OCH3 is 1. The molecule has 3 aromatic carbocycles. The van der Waals surface area contributed by atoms with Crippen LogP contribution in [0.15, 0.2) is 78.9 Å². The molecule has 6 heteroatoms. The van der Waals surface area contributed by atoms with Crippen LogP contribution >= 0.6 is 0 Å². The van der Waals surface area contributed by atoms with Gasteiger partial charge in [-0.15, -0.1) is 0 Å². The van der Waals surface area contributed by atoms with E-state index in [1.54, 1.807) is 36.4 Å². The molecule has 2 N–H and O–H groups in total. The van der Waals surface area contributed by atoms with Gasteiger partial charge in [0.25, 0.3) is 5.91 Å². The Hall–Kier alpha value is -3.93. The second kappa shape index (κ2) is 10.0. The summed E-state index contributed by atoms with van der Waals surface area (Å²) in [7, 11) is 1.26. The van der Waals surface area contributed by atoms with E-state index in [-0.39, 0.29) is 24.8 Å². The van der Waals surface area contributed by atoms with Crippen LogP contribution in [-0.2, 0) is 20.7 Å². The van der Waals surface area contributed by atoms with E-state index in [1.807, 2.05) is 42.5 Å². The van der Waals surface area contributed by atoms with Gasteiger partial charge < -0.3 is 15.4 Å². The summed E-state index contributed by atoms with van der Waals surface area (Å²) in [6.45, 7) is -0.160. The molecule has 0 radical (unpaired) electrons. The second-order valence-corrected chi connectivity index (χ2v) is 6.62. The first-order chi connectivity index (χ1) is 14.5. The van der Waals surface area contributed by atoms with Gasteiger partial charge in [-0.2, -0.15) is 0 Å². The van der Waals surface area contributed by atoms with Gasteiger partial charge in [0, 0.05) is 11.3 Å². The van der Waals surface area contributed by atoms with E-state index in [0.717, 1.165) is 16.7 Å². The van der Waals surface area contributed by atoms with Gasteiger partial charge in [-0.3, -0.25) is 14.4 Å². The molecule has 0 heterocycles. The zero-order valence-electron chi connectivity index (χ0n) is 16.6. The highest BCUT2D eigenvalue weighted by molar-refractivity contribution is 6.04. The van der Waals surface area contributed by atoms with Crippen LogP contribution < -0.4 is 10.6 Å². The van der Waals surface area contributed by atoms with E-state index in [2.05, 4.69) is 15.4 Å². The molecule has 3 rings (SSSR count). The van der Waals surface area contributed by atoms with Gasteiger partial charge >= 0.3 is 5.97 Å². The number of rotatable bonds is 7. The van der Waals surface area contributed by atoms with E-state index in [9.17, 15) is 14.4 Å². The van der Waals surface area contributed by atoms with E-state index < -0.39 is 5.97 Å². The molecule has 0 saturated carbocycles. The standard InChI is InChI=1S/C24H22N2O4/c1-30-23(28)16-25-22(27)15-17-7-13-21(14-8-17)26-24(29)20-11-9-19(10-12-20)18-5-3-2-4-6-18/h2-14H,15-16H2,1H3,(H,25,27)(H,26,29). The van der Waals surface area contributed by atoms with Gasteiger partial charge in [0.1, 0.15) is 6.54 Å². The molecule has 0 saturated heterocycles. The lowest BCUT2D eigenvalue weighted by molar-refractivity contribution is -0.141. The van der Waals surface area contributed by atoms with Crippen molar-refractivity contribution in [2.24, 2.45) is 0 Å². The monoisotopic (exact) mass is 402 g/mol. The molecule has 0 aromatic heterocycles. The molecule has 0 bridgehead atoms. The Balaban J connectivity index is 1.55. The molecule has 0 aliphatic rings. The zero-order chi connectivity index (χ0) is 21.3. The number of hydrogen-bond donors (Lipinski definition) is 2. The highest BCUT2D eigenvalue weighted by Gasteiger charge is 2.09. The van der Waals surface area contributed by atoms with Crippen molar-refractivity contribution >= 4 is 23.5 Å². The summed E-state index contributed by atoms with van der Waals surface area (Å²) in [6.07, 6.45) is 0.131. The van der Waals surface area contributed by atoms with E-state index in [0.29, 0.717) is 11.3 Å². The lowest BCUT2D eigenvalue weighted by Crippen LogP contribution is -2.31. The lowest BCUT2D eigenvalue weighted by atomic mass is 10.0. The van der Waals surface area contributed by atoms with E-state index in [4.69, 9.17) is 0 Å². The number of ether oxygens (including phenoxy) is 1. The highest BCUT2D eigenvalue weighted by atomic mass is 16.5. The Bertz CT molecular complexity index is 1010. The van der Waals surface area contributed by atoms with Crippen LogP contribution in [0.2, 0.25) is 0 Å². The zero-order valence-corrected chi connectivity index (χ0v) is 16.6. The van der Waals surface area contributed by atoms with Gasteiger partial charge in [-0.1, -0.05) is 54.6 Å². The molecule has 0 spiro atoms. The number of nitrogens with one attached hydrogen (secondary N) is 2. The molecule has 152 valence electrons. The normalized spacial score (nSPS) is 10.2. The number of amides is 2. The van der Waals surface area contributed by atoms with E-state index in [1.165, 1.54) is 7.11 Å². The third kappa shape index (κ3) is 5.78. The topological polar surface area (TPSA) is 84.5 Å². The van der Waals surface area contributed by atoms with Crippen molar-refractivity contribution in [3.05, 3.63) is 90.0 Å². The van der Waals surface area contributed by atoms with Gasteiger partial charge in [0.2, 0.25) is 5.91 Å². The van der Waals surface area contributed by atoms with Crippen molar-refractivity contribution in [1.82, 2.24) is 5.32 Å². The maximum Gasteiger partial charge on any atom is 0.325 e. The Morgan fingerprint density at radius 2 is 1.43 bits per heavy atom. The largest absolute Gasteiger partial charge is 0.468 e. The van der Waals surface area contributed by atoms with Gasteiger partial charge in [0.05, 0.1) is 13.5 Å². The summed E-state index contributed by atoms with van der Waals surface area (Å²) in [5, 5.41) is 5.33. The molecule has 0 aliphatic carbocycles. The molecule has 0 unspecified atom stereocenters. The van der Waals surface area contributed by atoms with Gasteiger partial charge in [-0.05, 0) is 41.0 Å². The summed E-state index contributed by atoms with van der Waals surface area (Å²) in [4.78, 5) is 35.4. The Morgan fingerprint density at radius 3 is 2.07 bits per heavy atom. The average Bonchev–Trinajstić information content (AvgIpc) is 2.79. The number of carbonyl (C=O) groups is 3. The van der Waals surface area contributed by atoms with Crippen LogP contribution in [-0.4, -0.2) is 31.4 Å². The van der Waals surface area contributed by atoms with Crippen LogP contribution in [0.4, 0.5) is 5.69 Å². The number of benzene rings is 3. The molecular weight excluding hydrogens is 380 g/mol. The summed E-state index contributed by atoms with van der Waals surface area (Å²) >= 11 is 0. The van der Waals surface area contributed by atoms with E-state index >= 15 is 0 Å². The first kappa shape index (κ1) is 20.8. The minimum absolute atomic E-state index is 0.131. The SMILES string of the molecule is COC(=O)CNC(=O)Cc1ccc(NC(=O)c2ccc(-c3ccccc3)cc2)cc1. The predicted molar refractivity (Wildman–Crippen MR) is 115 cm³/mol. The molecular formula is C24H22N2O4. The van der Waals surface area contributed by atoms with Crippen molar-refractivity contribution in [1.29, 1.82) is 0 Å². The lowest BCUT2D eigenvalue weighted by Gasteiger charge is -2.08. The van der Waals surface area contributed by atoms with Crippen LogP contribution in [0, 0.1) is 0 Å². The highest BCUT2D eigenvalue weighted by Crippen LogP contribution is 2.20. The number of carbonyl (C=O) groups excluding carboxylic acids is 3. The van der Waals surface area contributed by atoms with Gasteiger partial charge in [0.15, 0.2) is 0 Å². The summed E-state index contributed by atoms with van der Waals surface area (Å²) in [5.41, 5.74) is 4.09. The number of hydrogen-bond acceptors (Lipinski definition) is 4. The summed E-state index contributed by atoms with van der Waals surface area (Å²) in [6, 6.07) is 24.3. The molecule has 2 amide bonds. The van der Waals surface area contributed by atoms with Crippen LogP contribution in [0.5, 0.6) is 0 Å². The summed E-state index contributed by atoms with van der Waals surface area (Å²) in [5.74, 6) is -0.993. The van der Waals surface area contributed by atoms with Gasteiger partial charge in [-0.25, -0.2) is 0 Å². The molecule has 0 aliphatic heterocycles. The fraction of sp³-hybridized carbons (Fsp3) is 0.125. The smallest absolute Gasteiger partial charge is 0.325 e. The fourth-order valence-electron chi connectivity index (χ4n) is 2.84. The molecule has 0 atom stereocenters. The third-order valence-corrected chi connectivity index (χ3v) is 4.49. The molecule has 6 nitrogen and oxygen atoms in total. The minimum Gasteiger partial charge on any atom is -0.468 e. The van der Waals surface area contributed by atoms with Crippen molar-refractivity contribution in [2.75, 3.05) is 19.0 Å². The Kier molecular flexibility index (Phi) is 6.95. The predicted octanol–water partition coefficient (Wildman–Crippen LogP) is 3.44. The van der Waals surface area contributed by atoms with Crippen molar-refractivity contribution in [2.45, 2.75) is 6.42 Å². The number of esters is 1. The maximum atomic E-state index is 12.5. The quantitative estimate of drug-likeness (QED) is 0.593. The average molecular weight is 402 g/mol. The second-order valence-electron chi connectivity index (χ2n) is 6.62. The van der Waals surface area contributed by atoms with Crippen LogP contribution in [0.3, 0.4) is 0 Å².